The molecule has 17 heavy (non-hydrogen) atoms. The number of nitrogens with one attached hydrogen (secondary N) is 2. The van der Waals surface area contributed by atoms with Gasteiger partial charge in [0.05, 0.1) is 6.26 Å². The summed E-state index contributed by atoms with van der Waals surface area (Å²) >= 11 is 0. The van der Waals surface area contributed by atoms with Gasteiger partial charge in [0, 0.05) is 11.4 Å². The Balaban J connectivity index is 2.04. The number of hydrogen-bond donors (Lipinski definition) is 2. The molecule has 5 heteroatoms. The van der Waals surface area contributed by atoms with Crippen molar-refractivity contribution in [2.45, 2.75) is 0 Å². The van der Waals surface area contributed by atoms with Crippen LogP contribution in [0, 0.1) is 0 Å². The summed E-state index contributed by atoms with van der Waals surface area (Å²) < 4.78 is 4.96. The van der Waals surface area contributed by atoms with E-state index in [1.54, 1.807) is 36.4 Å². The van der Waals surface area contributed by atoms with Crippen LogP contribution in [0.15, 0.2) is 47.1 Å². The molecular weight excluding hydrogens is 220 g/mol. The quantitative estimate of drug-likeness (QED) is 0.790. The first-order chi connectivity index (χ1) is 8.29. The molecule has 0 aliphatic carbocycles. The molecule has 0 atom stereocenters. The van der Waals surface area contributed by atoms with Gasteiger partial charge >= 0.3 is 0 Å². The van der Waals surface area contributed by atoms with Gasteiger partial charge in [0.15, 0.2) is 5.76 Å². The van der Waals surface area contributed by atoms with Crippen molar-refractivity contribution in [3.8, 4) is 0 Å². The molecule has 86 valence electrons. The number of hydrogen-bond acceptors (Lipinski definition) is 3. The molecule has 0 saturated carbocycles. The Hall–Kier alpha value is -2.56. The van der Waals surface area contributed by atoms with Gasteiger partial charge < -0.3 is 15.1 Å². The molecule has 0 fully saturated rings. The van der Waals surface area contributed by atoms with E-state index in [1.807, 2.05) is 0 Å². The smallest absolute Gasteiger partial charge is 0.291 e. The molecule has 0 bridgehead atoms. The molecule has 2 aromatic rings. The van der Waals surface area contributed by atoms with E-state index in [0.717, 1.165) is 0 Å². The Morgan fingerprint density at radius 3 is 2.41 bits per heavy atom. The fourth-order valence-electron chi connectivity index (χ4n) is 1.32. The topological polar surface area (TPSA) is 71.3 Å². The van der Waals surface area contributed by atoms with Crippen LogP contribution in [0.2, 0.25) is 0 Å². The van der Waals surface area contributed by atoms with Crippen LogP contribution >= 0.6 is 0 Å². The largest absolute Gasteiger partial charge is 0.459 e. The van der Waals surface area contributed by atoms with Crippen LogP contribution in [0.4, 0.5) is 11.4 Å². The zero-order chi connectivity index (χ0) is 12.1. The fourth-order valence-corrected chi connectivity index (χ4v) is 1.32. The maximum Gasteiger partial charge on any atom is 0.291 e. The number of carbonyl (C=O) groups is 2. The average Bonchev–Trinajstić information content (AvgIpc) is 2.86. The van der Waals surface area contributed by atoms with E-state index in [4.69, 9.17) is 4.42 Å². The summed E-state index contributed by atoms with van der Waals surface area (Å²) in [5, 5.41) is 5.17. The first kappa shape index (κ1) is 10.9. The van der Waals surface area contributed by atoms with Crippen molar-refractivity contribution < 1.29 is 14.0 Å². The maximum atomic E-state index is 11.6. The average molecular weight is 230 g/mol. The molecule has 0 aliphatic rings. The predicted molar refractivity (Wildman–Crippen MR) is 62.8 cm³/mol. The SMILES string of the molecule is O=CNc1ccc(NC(=O)c2ccco2)cc1. The molecular formula is C12H10N2O3. The molecule has 1 aromatic carbocycles. The zero-order valence-corrected chi connectivity index (χ0v) is 8.84. The molecule has 0 saturated heterocycles. The molecule has 2 amide bonds. The van der Waals surface area contributed by atoms with Crippen molar-refractivity contribution in [2.75, 3.05) is 10.6 Å². The minimum absolute atomic E-state index is 0.250. The summed E-state index contributed by atoms with van der Waals surface area (Å²) in [6.45, 7) is 0. The van der Waals surface area contributed by atoms with Crippen LogP contribution in [0.3, 0.4) is 0 Å². The van der Waals surface area contributed by atoms with Gasteiger partial charge in [0.25, 0.3) is 5.91 Å². The lowest BCUT2D eigenvalue weighted by Crippen LogP contribution is -2.10. The van der Waals surface area contributed by atoms with Gasteiger partial charge in [-0.1, -0.05) is 0 Å². The number of anilines is 2. The van der Waals surface area contributed by atoms with Gasteiger partial charge in [0.2, 0.25) is 6.41 Å². The summed E-state index contributed by atoms with van der Waals surface area (Å²) in [4.78, 5) is 21.8. The normalized spacial score (nSPS) is 9.65. The first-order valence-corrected chi connectivity index (χ1v) is 4.95. The van der Waals surface area contributed by atoms with Crippen molar-refractivity contribution in [1.82, 2.24) is 0 Å². The molecule has 2 N–H and O–H groups in total. The van der Waals surface area contributed by atoms with Gasteiger partial charge in [-0.25, -0.2) is 0 Å². The summed E-state index contributed by atoms with van der Waals surface area (Å²) in [6.07, 6.45) is 2.03. The van der Waals surface area contributed by atoms with Gasteiger partial charge in [-0.15, -0.1) is 0 Å². The van der Waals surface area contributed by atoms with E-state index >= 15 is 0 Å². The lowest BCUT2D eigenvalue weighted by atomic mass is 10.2. The molecule has 0 radical (unpaired) electrons. The minimum Gasteiger partial charge on any atom is -0.459 e. The second kappa shape index (κ2) is 4.98. The van der Waals surface area contributed by atoms with Gasteiger partial charge in [-0.05, 0) is 36.4 Å². The molecule has 0 aliphatic heterocycles. The zero-order valence-electron chi connectivity index (χ0n) is 8.84. The van der Waals surface area contributed by atoms with Gasteiger partial charge in [0.1, 0.15) is 0 Å². The Kier molecular flexibility index (Phi) is 3.20. The predicted octanol–water partition coefficient (Wildman–Crippen LogP) is 2.10. The van der Waals surface area contributed by atoms with Crippen LogP contribution in [-0.2, 0) is 4.79 Å². The van der Waals surface area contributed by atoms with Crippen molar-refractivity contribution in [1.29, 1.82) is 0 Å². The standard InChI is InChI=1S/C12H10N2O3/c15-8-13-9-3-5-10(6-4-9)14-12(16)11-2-1-7-17-11/h1-8H,(H,13,15)(H,14,16). The highest BCUT2D eigenvalue weighted by molar-refractivity contribution is 6.02. The maximum absolute atomic E-state index is 11.6. The second-order valence-corrected chi connectivity index (χ2v) is 3.27. The van der Waals surface area contributed by atoms with Crippen LogP contribution in [0.5, 0.6) is 0 Å². The van der Waals surface area contributed by atoms with Crippen LogP contribution in [-0.4, -0.2) is 12.3 Å². The number of amides is 2. The van der Waals surface area contributed by atoms with Crippen molar-refractivity contribution >= 4 is 23.7 Å². The lowest BCUT2D eigenvalue weighted by molar-refractivity contribution is -0.105. The van der Waals surface area contributed by atoms with Crippen LogP contribution in [0.1, 0.15) is 10.6 Å². The van der Waals surface area contributed by atoms with Gasteiger partial charge in [-0.3, -0.25) is 9.59 Å². The van der Waals surface area contributed by atoms with Gasteiger partial charge in [-0.2, -0.15) is 0 Å². The van der Waals surface area contributed by atoms with E-state index < -0.39 is 0 Å². The van der Waals surface area contributed by atoms with Crippen molar-refractivity contribution in [3.63, 3.8) is 0 Å². The second-order valence-electron chi connectivity index (χ2n) is 3.27. The third-order valence-corrected chi connectivity index (χ3v) is 2.11. The molecule has 0 spiro atoms. The highest BCUT2D eigenvalue weighted by Crippen LogP contribution is 2.14. The van der Waals surface area contributed by atoms with E-state index in [-0.39, 0.29) is 11.7 Å². The molecule has 1 aromatic heterocycles. The summed E-state index contributed by atoms with van der Waals surface area (Å²) in [5.41, 5.74) is 1.29. The van der Waals surface area contributed by atoms with E-state index in [2.05, 4.69) is 10.6 Å². The summed E-state index contributed by atoms with van der Waals surface area (Å²) in [6, 6.07) is 9.97. The molecule has 2 rings (SSSR count). The fraction of sp³-hybridized carbons (Fsp3) is 0. The molecule has 5 nitrogen and oxygen atoms in total. The minimum atomic E-state index is -0.314. The first-order valence-electron chi connectivity index (χ1n) is 4.95. The van der Waals surface area contributed by atoms with E-state index in [0.29, 0.717) is 17.8 Å². The Labute approximate surface area is 97.4 Å². The molecule has 0 unspecified atom stereocenters. The van der Waals surface area contributed by atoms with E-state index in [9.17, 15) is 9.59 Å². The van der Waals surface area contributed by atoms with E-state index in [1.165, 1.54) is 6.26 Å². The number of furan rings is 1. The number of rotatable bonds is 4. The Morgan fingerprint density at radius 2 is 1.82 bits per heavy atom. The number of benzene rings is 1. The van der Waals surface area contributed by atoms with Crippen molar-refractivity contribution in [3.05, 3.63) is 48.4 Å². The van der Waals surface area contributed by atoms with Crippen LogP contribution < -0.4 is 10.6 Å². The summed E-state index contributed by atoms with van der Waals surface area (Å²) in [5.74, 6) is -0.0637. The monoisotopic (exact) mass is 230 g/mol. The van der Waals surface area contributed by atoms with Crippen LogP contribution in [0.25, 0.3) is 0 Å². The highest BCUT2D eigenvalue weighted by atomic mass is 16.3. The summed E-state index contributed by atoms with van der Waals surface area (Å²) in [7, 11) is 0. The Morgan fingerprint density at radius 1 is 1.12 bits per heavy atom. The third kappa shape index (κ3) is 2.72. The Bertz CT molecular complexity index is 503. The number of carbonyl (C=O) groups excluding carboxylic acids is 2. The highest BCUT2D eigenvalue weighted by Gasteiger charge is 2.07. The van der Waals surface area contributed by atoms with Crippen molar-refractivity contribution in [2.24, 2.45) is 0 Å². The lowest BCUT2D eigenvalue weighted by Gasteiger charge is -2.04. The molecule has 1 heterocycles. The third-order valence-electron chi connectivity index (χ3n) is 2.11.